The lowest BCUT2D eigenvalue weighted by Gasteiger charge is -2.22. The number of carboxylic acids is 1. The lowest BCUT2D eigenvalue weighted by molar-refractivity contribution is -0.137. The average molecular weight is 338 g/mol. The number of carbonyl (C=O) groups is 3. The van der Waals surface area contributed by atoms with Gasteiger partial charge in [-0.3, -0.25) is 14.4 Å². The van der Waals surface area contributed by atoms with Crippen molar-refractivity contribution in [2.24, 2.45) is 0 Å². The Balaban J connectivity index is 1.78. The number of hydrogen-bond acceptors (Lipinski definition) is 4. The van der Waals surface area contributed by atoms with Gasteiger partial charge in [0, 0.05) is 44.4 Å². The van der Waals surface area contributed by atoms with E-state index in [-0.39, 0.29) is 18.2 Å². The highest BCUT2D eigenvalue weighted by atomic mass is 32.1. The van der Waals surface area contributed by atoms with Gasteiger partial charge in [0.2, 0.25) is 5.91 Å². The van der Waals surface area contributed by atoms with E-state index in [9.17, 15) is 14.4 Å². The van der Waals surface area contributed by atoms with Crippen molar-refractivity contribution >= 4 is 29.1 Å². The van der Waals surface area contributed by atoms with Gasteiger partial charge in [-0.15, -0.1) is 0 Å². The van der Waals surface area contributed by atoms with Gasteiger partial charge in [0.15, 0.2) is 0 Å². The Morgan fingerprint density at radius 2 is 1.74 bits per heavy atom. The summed E-state index contributed by atoms with van der Waals surface area (Å²) < 4.78 is 0. The van der Waals surface area contributed by atoms with Crippen LogP contribution in [0.4, 0.5) is 0 Å². The van der Waals surface area contributed by atoms with Crippen molar-refractivity contribution in [3.05, 3.63) is 22.4 Å². The van der Waals surface area contributed by atoms with Gasteiger partial charge in [0.25, 0.3) is 5.91 Å². The maximum Gasteiger partial charge on any atom is 0.303 e. The maximum absolute atomic E-state index is 12.3. The normalized spacial score (nSPS) is 15.3. The van der Waals surface area contributed by atoms with Crippen LogP contribution >= 0.6 is 11.3 Å². The lowest BCUT2D eigenvalue weighted by atomic mass is 10.2. The van der Waals surface area contributed by atoms with Crippen molar-refractivity contribution in [3.63, 3.8) is 0 Å². The van der Waals surface area contributed by atoms with Crippen molar-refractivity contribution in [1.82, 2.24) is 9.80 Å². The maximum atomic E-state index is 12.3. The van der Waals surface area contributed by atoms with Gasteiger partial charge in [-0.2, -0.15) is 11.3 Å². The van der Waals surface area contributed by atoms with Gasteiger partial charge in [-0.05, 0) is 30.7 Å². The summed E-state index contributed by atoms with van der Waals surface area (Å²) in [5, 5.41) is 12.3. The van der Waals surface area contributed by atoms with Crippen molar-refractivity contribution in [3.8, 4) is 0 Å². The zero-order valence-electron chi connectivity index (χ0n) is 13.1. The van der Waals surface area contributed by atoms with Crippen LogP contribution in [0, 0.1) is 0 Å². The molecule has 2 amide bonds. The van der Waals surface area contributed by atoms with Crippen molar-refractivity contribution in [1.29, 1.82) is 0 Å². The van der Waals surface area contributed by atoms with Gasteiger partial charge in [-0.25, -0.2) is 0 Å². The minimum atomic E-state index is -0.824. The SMILES string of the molecule is O=C(O)CCCCC(=O)N1CCCN(C(=O)c2ccsc2)CC1. The third-order valence-electron chi connectivity index (χ3n) is 3.94. The van der Waals surface area contributed by atoms with Gasteiger partial charge in [0.05, 0.1) is 5.56 Å². The minimum absolute atomic E-state index is 0.0296. The molecule has 1 aliphatic rings. The number of carbonyl (C=O) groups excluding carboxylic acids is 2. The monoisotopic (exact) mass is 338 g/mol. The van der Waals surface area contributed by atoms with Crippen LogP contribution in [-0.2, 0) is 9.59 Å². The van der Waals surface area contributed by atoms with Crippen LogP contribution in [0.1, 0.15) is 42.5 Å². The van der Waals surface area contributed by atoms with Gasteiger partial charge >= 0.3 is 5.97 Å². The second kappa shape index (κ2) is 8.67. The molecule has 0 atom stereocenters. The summed E-state index contributed by atoms with van der Waals surface area (Å²) >= 11 is 1.50. The molecular formula is C16H22N2O4S. The fourth-order valence-electron chi connectivity index (χ4n) is 2.65. The molecule has 0 saturated carbocycles. The summed E-state index contributed by atoms with van der Waals surface area (Å²) in [5.74, 6) is -0.739. The number of rotatable bonds is 6. The molecule has 2 rings (SSSR count). The first-order valence-corrected chi connectivity index (χ1v) is 8.83. The third-order valence-corrected chi connectivity index (χ3v) is 4.62. The first kappa shape index (κ1) is 17.5. The Bertz CT molecular complexity index is 544. The van der Waals surface area contributed by atoms with E-state index in [1.165, 1.54) is 11.3 Å². The Hall–Kier alpha value is -1.89. The summed E-state index contributed by atoms with van der Waals surface area (Å²) in [6, 6.07) is 1.82. The Morgan fingerprint density at radius 1 is 1.04 bits per heavy atom. The molecule has 1 saturated heterocycles. The predicted octanol–water partition coefficient (Wildman–Crippen LogP) is 2.07. The van der Waals surface area contributed by atoms with Gasteiger partial charge in [0.1, 0.15) is 0 Å². The van der Waals surface area contributed by atoms with Crippen molar-refractivity contribution in [2.75, 3.05) is 26.2 Å². The summed E-state index contributed by atoms with van der Waals surface area (Å²) in [6.07, 6.45) is 2.38. The molecule has 2 heterocycles. The van der Waals surface area contributed by atoms with Crippen molar-refractivity contribution < 1.29 is 19.5 Å². The molecule has 7 heteroatoms. The summed E-state index contributed by atoms with van der Waals surface area (Å²) in [6.45, 7) is 2.42. The largest absolute Gasteiger partial charge is 0.481 e. The van der Waals surface area contributed by atoms with E-state index in [1.54, 1.807) is 9.80 Å². The van der Waals surface area contributed by atoms with Crippen LogP contribution in [0.2, 0.25) is 0 Å². The molecule has 0 aliphatic carbocycles. The lowest BCUT2D eigenvalue weighted by Crippen LogP contribution is -2.37. The number of amides is 2. The standard InChI is InChI=1S/C16H22N2O4S/c19-14(4-1-2-5-15(20)21)17-7-3-8-18(10-9-17)16(22)13-6-11-23-12-13/h6,11-12H,1-5,7-10H2,(H,20,21). The fourth-order valence-corrected chi connectivity index (χ4v) is 3.28. The summed E-state index contributed by atoms with van der Waals surface area (Å²) in [7, 11) is 0. The second-order valence-electron chi connectivity index (χ2n) is 5.64. The topological polar surface area (TPSA) is 77.9 Å². The van der Waals surface area contributed by atoms with Crippen LogP contribution in [0.25, 0.3) is 0 Å². The number of carboxylic acid groups (broad SMARTS) is 1. The van der Waals surface area contributed by atoms with Crippen LogP contribution < -0.4 is 0 Å². The Labute approximate surface area is 139 Å². The van der Waals surface area contributed by atoms with E-state index < -0.39 is 5.97 Å². The quantitative estimate of drug-likeness (QED) is 0.806. The highest BCUT2D eigenvalue weighted by Crippen LogP contribution is 2.13. The first-order chi connectivity index (χ1) is 11.1. The number of thiophene rings is 1. The molecule has 1 N–H and O–H groups in total. The zero-order valence-corrected chi connectivity index (χ0v) is 13.9. The highest BCUT2D eigenvalue weighted by molar-refractivity contribution is 7.08. The molecule has 126 valence electrons. The van der Waals surface area contributed by atoms with Crippen LogP contribution in [-0.4, -0.2) is 58.9 Å². The fraction of sp³-hybridized carbons (Fsp3) is 0.562. The van der Waals surface area contributed by atoms with E-state index in [2.05, 4.69) is 0 Å². The molecule has 1 fully saturated rings. The summed E-state index contributed by atoms with van der Waals surface area (Å²) in [4.78, 5) is 38.6. The molecule has 1 aliphatic heterocycles. The van der Waals surface area contributed by atoms with Crippen LogP contribution in [0.15, 0.2) is 16.8 Å². The van der Waals surface area contributed by atoms with Gasteiger partial charge < -0.3 is 14.9 Å². The summed E-state index contributed by atoms with van der Waals surface area (Å²) in [5.41, 5.74) is 0.712. The first-order valence-electron chi connectivity index (χ1n) is 7.89. The highest BCUT2D eigenvalue weighted by Gasteiger charge is 2.22. The molecule has 1 aromatic rings. The smallest absolute Gasteiger partial charge is 0.303 e. The molecular weight excluding hydrogens is 316 g/mol. The van der Waals surface area contributed by atoms with Gasteiger partial charge in [-0.1, -0.05) is 0 Å². The average Bonchev–Trinajstić information content (AvgIpc) is 2.95. The third kappa shape index (κ3) is 5.35. The molecule has 0 bridgehead atoms. The second-order valence-corrected chi connectivity index (χ2v) is 6.42. The van der Waals surface area contributed by atoms with Crippen LogP contribution in [0.5, 0.6) is 0 Å². The number of nitrogens with zero attached hydrogens (tertiary/aromatic N) is 2. The van der Waals surface area contributed by atoms with Crippen molar-refractivity contribution in [2.45, 2.75) is 32.1 Å². The molecule has 6 nitrogen and oxygen atoms in total. The minimum Gasteiger partial charge on any atom is -0.481 e. The van der Waals surface area contributed by atoms with E-state index in [0.717, 1.165) is 6.42 Å². The van der Waals surface area contributed by atoms with E-state index in [4.69, 9.17) is 5.11 Å². The molecule has 0 spiro atoms. The molecule has 1 aromatic heterocycles. The predicted molar refractivity (Wildman–Crippen MR) is 87.5 cm³/mol. The molecule has 0 unspecified atom stereocenters. The van der Waals surface area contributed by atoms with E-state index in [1.807, 2.05) is 16.8 Å². The number of unbranched alkanes of at least 4 members (excludes halogenated alkanes) is 1. The molecule has 23 heavy (non-hydrogen) atoms. The zero-order chi connectivity index (χ0) is 16.7. The van der Waals surface area contributed by atoms with E-state index >= 15 is 0 Å². The van der Waals surface area contributed by atoms with Crippen LogP contribution in [0.3, 0.4) is 0 Å². The number of aliphatic carboxylic acids is 1. The molecule has 0 aromatic carbocycles. The Kier molecular flexibility index (Phi) is 6.58. The molecule has 0 radical (unpaired) electrons. The Morgan fingerprint density at radius 3 is 2.43 bits per heavy atom. The number of hydrogen-bond donors (Lipinski definition) is 1. The van der Waals surface area contributed by atoms with E-state index in [0.29, 0.717) is 51.0 Å².